The molecule has 4 rings (SSSR count). The summed E-state index contributed by atoms with van der Waals surface area (Å²) in [6, 6.07) is 21.2. The molecule has 0 bridgehead atoms. The Balaban J connectivity index is 1.37. The number of hydrogen-bond donors (Lipinski definition) is 1. The molecule has 0 aromatic heterocycles. The summed E-state index contributed by atoms with van der Waals surface area (Å²) in [5.41, 5.74) is 5.81. The highest BCUT2D eigenvalue weighted by Crippen LogP contribution is 2.44. The van der Waals surface area contributed by atoms with E-state index in [0.29, 0.717) is 5.56 Å². The molecule has 4 heteroatoms. The first-order chi connectivity index (χ1) is 14.1. The van der Waals surface area contributed by atoms with Gasteiger partial charge < -0.3 is 10.1 Å². The Morgan fingerprint density at radius 3 is 2.31 bits per heavy atom. The molecule has 0 radical (unpaired) electrons. The normalized spacial score (nSPS) is 11.8. The number of nitrogens with one attached hydrogen (secondary N) is 1. The lowest BCUT2D eigenvalue weighted by Gasteiger charge is -2.14. The van der Waals surface area contributed by atoms with Crippen molar-refractivity contribution in [3.63, 3.8) is 0 Å². The van der Waals surface area contributed by atoms with E-state index in [1.165, 1.54) is 17.2 Å². The number of carbonyl (C=O) groups is 1. The van der Waals surface area contributed by atoms with Crippen molar-refractivity contribution in [2.24, 2.45) is 0 Å². The van der Waals surface area contributed by atoms with Crippen LogP contribution < -0.4 is 5.32 Å². The summed E-state index contributed by atoms with van der Waals surface area (Å²) in [5, 5.41) is 2.61. The highest BCUT2D eigenvalue weighted by atomic mass is 19.1. The van der Waals surface area contributed by atoms with Crippen molar-refractivity contribution < 1.29 is 13.9 Å². The van der Waals surface area contributed by atoms with E-state index in [0.717, 1.165) is 16.7 Å². The van der Waals surface area contributed by atoms with Crippen LogP contribution in [0.2, 0.25) is 0 Å². The minimum atomic E-state index is -0.536. The average molecular weight is 385 g/mol. The first kappa shape index (κ1) is 18.8. The van der Waals surface area contributed by atoms with Gasteiger partial charge in [0, 0.05) is 5.92 Å². The SMILES string of the molecule is Cc1cccc(F)c1C#CCNC(=O)OCC1c2ccccc2-c2ccccc21. The molecule has 29 heavy (non-hydrogen) atoms. The van der Waals surface area contributed by atoms with Crippen LogP contribution in [-0.4, -0.2) is 19.2 Å². The molecular weight excluding hydrogens is 365 g/mol. The number of amides is 1. The van der Waals surface area contributed by atoms with Crippen LogP contribution in [0.25, 0.3) is 11.1 Å². The van der Waals surface area contributed by atoms with Crippen LogP contribution in [0.1, 0.15) is 28.2 Å². The molecule has 1 amide bonds. The van der Waals surface area contributed by atoms with Crippen LogP contribution in [-0.2, 0) is 4.74 Å². The molecule has 1 N–H and O–H groups in total. The zero-order chi connectivity index (χ0) is 20.2. The molecule has 1 aliphatic rings. The van der Waals surface area contributed by atoms with E-state index in [1.807, 2.05) is 24.3 Å². The van der Waals surface area contributed by atoms with Gasteiger partial charge in [0.15, 0.2) is 0 Å². The van der Waals surface area contributed by atoms with Gasteiger partial charge in [-0.2, -0.15) is 0 Å². The van der Waals surface area contributed by atoms with E-state index in [-0.39, 0.29) is 24.9 Å². The van der Waals surface area contributed by atoms with Crippen LogP contribution in [0.4, 0.5) is 9.18 Å². The summed E-state index contributed by atoms with van der Waals surface area (Å²) in [6.45, 7) is 2.14. The third-order valence-corrected chi connectivity index (χ3v) is 5.10. The minimum absolute atomic E-state index is 0.0142. The second kappa shape index (κ2) is 8.20. The third kappa shape index (κ3) is 3.86. The van der Waals surface area contributed by atoms with Crippen LogP contribution in [0, 0.1) is 24.6 Å². The van der Waals surface area contributed by atoms with Gasteiger partial charge in [-0.3, -0.25) is 0 Å². The maximum Gasteiger partial charge on any atom is 0.407 e. The van der Waals surface area contributed by atoms with E-state index >= 15 is 0 Å². The molecule has 3 aromatic rings. The second-order valence-corrected chi connectivity index (χ2v) is 6.91. The van der Waals surface area contributed by atoms with Gasteiger partial charge in [-0.25, -0.2) is 9.18 Å². The van der Waals surface area contributed by atoms with E-state index in [4.69, 9.17) is 4.74 Å². The Kier molecular flexibility index (Phi) is 5.31. The summed E-state index contributed by atoms with van der Waals surface area (Å²) >= 11 is 0. The van der Waals surface area contributed by atoms with Crippen molar-refractivity contribution in [1.29, 1.82) is 0 Å². The third-order valence-electron chi connectivity index (χ3n) is 5.10. The summed E-state index contributed by atoms with van der Waals surface area (Å²) in [6.07, 6.45) is -0.536. The van der Waals surface area contributed by atoms with Crippen LogP contribution in [0.3, 0.4) is 0 Å². The summed E-state index contributed by atoms with van der Waals surface area (Å²) in [4.78, 5) is 12.1. The maximum absolute atomic E-state index is 13.8. The quantitative estimate of drug-likeness (QED) is 0.643. The number of aryl methyl sites for hydroxylation is 1. The predicted molar refractivity (Wildman–Crippen MR) is 111 cm³/mol. The summed E-state index contributed by atoms with van der Waals surface area (Å²) < 4.78 is 19.2. The van der Waals surface area contributed by atoms with E-state index in [9.17, 15) is 9.18 Å². The Hall–Kier alpha value is -3.58. The van der Waals surface area contributed by atoms with Crippen molar-refractivity contribution in [2.75, 3.05) is 13.2 Å². The molecule has 3 nitrogen and oxygen atoms in total. The van der Waals surface area contributed by atoms with Crippen LogP contribution in [0.5, 0.6) is 0 Å². The van der Waals surface area contributed by atoms with Gasteiger partial charge >= 0.3 is 6.09 Å². The first-order valence-electron chi connectivity index (χ1n) is 9.48. The molecule has 0 saturated carbocycles. The first-order valence-corrected chi connectivity index (χ1v) is 9.48. The second-order valence-electron chi connectivity index (χ2n) is 6.91. The van der Waals surface area contributed by atoms with Gasteiger partial charge in [0.1, 0.15) is 12.4 Å². The molecule has 0 fully saturated rings. The Labute approximate surface area is 169 Å². The zero-order valence-electron chi connectivity index (χ0n) is 16.0. The number of halogens is 1. The van der Waals surface area contributed by atoms with Crippen molar-refractivity contribution in [2.45, 2.75) is 12.8 Å². The number of hydrogen-bond acceptors (Lipinski definition) is 2. The highest BCUT2D eigenvalue weighted by molar-refractivity contribution is 5.79. The molecule has 0 heterocycles. The van der Waals surface area contributed by atoms with E-state index in [2.05, 4.69) is 41.4 Å². The van der Waals surface area contributed by atoms with Gasteiger partial charge in [0.05, 0.1) is 12.1 Å². The van der Waals surface area contributed by atoms with Crippen LogP contribution in [0.15, 0.2) is 66.7 Å². The Morgan fingerprint density at radius 1 is 1.00 bits per heavy atom. The molecule has 3 aromatic carbocycles. The van der Waals surface area contributed by atoms with Crippen molar-refractivity contribution in [3.8, 4) is 23.0 Å². The maximum atomic E-state index is 13.8. The lowest BCUT2D eigenvalue weighted by atomic mass is 9.98. The topological polar surface area (TPSA) is 38.3 Å². The molecule has 0 saturated heterocycles. The average Bonchev–Trinajstić information content (AvgIpc) is 3.05. The van der Waals surface area contributed by atoms with Gasteiger partial charge in [0.25, 0.3) is 0 Å². The van der Waals surface area contributed by atoms with Crippen LogP contribution >= 0.6 is 0 Å². The fraction of sp³-hybridized carbons (Fsp3) is 0.160. The van der Waals surface area contributed by atoms with Gasteiger partial charge in [0.2, 0.25) is 0 Å². The predicted octanol–water partition coefficient (Wildman–Crippen LogP) is 5.02. The zero-order valence-corrected chi connectivity index (χ0v) is 16.0. The van der Waals surface area contributed by atoms with Crippen molar-refractivity contribution >= 4 is 6.09 Å². The number of rotatable bonds is 3. The number of alkyl carbamates (subject to hydrolysis) is 1. The Bertz CT molecular complexity index is 1060. The number of benzene rings is 3. The number of carbonyl (C=O) groups excluding carboxylic acids is 1. The number of fused-ring (bicyclic) bond motifs is 3. The lowest BCUT2D eigenvalue weighted by Crippen LogP contribution is -2.26. The smallest absolute Gasteiger partial charge is 0.407 e. The molecule has 0 atom stereocenters. The van der Waals surface area contributed by atoms with Crippen molar-refractivity contribution in [1.82, 2.24) is 5.32 Å². The standard InChI is InChI=1S/C25H20FNO2/c1-17-8-6-14-24(26)18(17)13-7-15-27-25(28)29-16-23-21-11-4-2-9-19(21)20-10-3-5-12-22(20)23/h2-6,8-12,14,23H,15-16H2,1H3,(H,27,28). The molecule has 1 aliphatic carbocycles. The van der Waals surface area contributed by atoms with E-state index < -0.39 is 6.09 Å². The largest absolute Gasteiger partial charge is 0.449 e. The van der Waals surface area contributed by atoms with Crippen molar-refractivity contribution in [3.05, 3.63) is 94.8 Å². The Morgan fingerprint density at radius 2 is 1.66 bits per heavy atom. The molecule has 0 spiro atoms. The summed E-state index contributed by atoms with van der Waals surface area (Å²) in [7, 11) is 0. The molecular formula is C25H20FNO2. The van der Waals surface area contributed by atoms with Gasteiger partial charge in [-0.05, 0) is 40.8 Å². The summed E-state index contributed by atoms with van der Waals surface area (Å²) in [5.74, 6) is 5.19. The highest BCUT2D eigenvalue weighted by Gasteiger charge is 2.28. The fourth-order valence-electron chi connectivity index (χ4n) is 3.69. The minimum Gasteiger partial charge on any atom is -0.449 e. The lowest BCUT2D eigenvalue weighted by molar-refractivity contribution is 0.144. The number of ether oxygens (including phenoxy) is 1. The fourth-order valence-corrected chi connectivity index (χ4v) is 3.69. The molecule has 0 aliphatic heterocycles. The van der Waals surface area contributed by atoms with E-state index in [1.54, 1.807) is 19.1 Å². The van der Waals surface area contributed by atoms with Gasteiger partial charge in [-0.15, -0.1) is 0 Å². The monoisotopic (exact) mass is 385 g/mol. The van der Waals surface area contributed by atoms with Gasteiger partial charge in [-0.1, -0.05) is 72.5 Å². The molecule has 0 unspecified atom stereocenters. The molecule has 144 valence electrons.